The third kappa shape index (κ3) is 2.12. The summed E-state index contributed by atoms with van der Waals surface area (Å²) in [6.07, 6.45) is 0.796. The first-order chi connectivity index (χ1) is 8.13. The number of hydrogen-bond acceptors (Lipinski definition) is 3. The molecular weight excluding hydrogens is 236 g/mol. The van der Waals surface area contributed by atoms with Crippen molar-refractivity contribution in [1.29, 1.82) is 0 Å². The van der Waals surface area contributed by atoms with E-state index in [1.807, 2.05) is 12.1 Å². The first kappa shape index (κ1) is 11.5. The van der Waals surface area contributed by atoms with Crippen LogP contribution in [-0.2, 0) is 0 Å². The van der Waals surface area contributed by atoms with Gasteiger partial charge in [-0.2, -0.15) is 0 Å². The third-order valence-electron chi connectivity index (χ3n) is 2.57. The Bertz CT molecular complexity index is 584. The molecule has 0 amide bonds. The van der Waals surface area contributed by atoms with Gasteiger partial charge in [-0.1, -0.05) is 12.1 Å². The van der Waals surface area contributed by atoms with E-state index in [2.05, 4.69) is 0 Å². The molecule has 0 aliphatic carbocycles. The van der Waals surface area contributed by atoms with Crippen LogP contribution in [0.2, 0.25) is 0 Å². The number of thiophene rings is 1. The van der Waals surface area contributed by atoms with Crippen molar-refractivity contribution < 1.29 is 14.7 Å². The van der Waals surface area contributed by atoms with Crippen LogP contribution in [0.15, 0.2) is 30.3 Å². The lowest BCUT2D eigenvalue weighted by atomic mass is 10.0. The minimum Gasteiger partial charge on any atom is -0.478 e. The predicted octanol–water partition coefficient (Wildman–Crippen LogP) is 3.23. The van der Waals surface area contributed by atoms with Gasteiger partial charge in [0.25, 0.3) is 0 Å². The Morgan fingerprint density at radius 1 is 1.29 bits per heavy atom. The molecule has 0 fully saturated rings. The molecule has 1 aromatic heterocycles. The van der Waals surface area contributed by atoms with E-state index >= 15 is 0 Å². The molecule has 0 bridgehead atoms. The van der Waals surface area contributed by atoms with Crippen LogP contribution in [0.1, 0.15) is 25.6 Å². The zero-order chi connectivity index (χ0) is 12.4. The first-order valence-electron chi connectivity index (χ1n) is 5.02. The highest BCUT2D eigenvalue weighted by Gasteiger charge is 2.12. The fraction of sp³-hybridized carbons (Fsp3) is 0.0769. The molecule has 0 unspecified atom stereocenters. The molecule has 0 saturated carbocycles. The number of aromatic carboxylic acids is 1. The highest BCUT2D eigenvalue weighted by atomic mass is 32.1. The van der Waals surface area contributed by atoms with E-state index < -0.39 is 5.97 Å². The van der Waals surface area contributed by atoms with Crippen LogP contribution in [0.25, 0.3) is 10.4 Å². The van der Waals surface area contributed by atoms with Gasteiger partial charge in [0.05, 0.1) is 10.4 Å². The lowest BCUT2D eigenvalue weighted by Gasteiger charge is -2.06. The molecule has 0 aliphatic heterocycles. The van der Waals surface area contributed by atoms with Gasteiger partial charge in [0.1, 0.15) is 0 Å². The van der Waals surface area contributed by atoms with E-state index in [-0.39, 0.29) is 0 Å². The van der Waals surface area contributed by atoms with Crippen molar-refractivity contribution in [2.24, 2.45) is 0 Å². The number of benzene rings is 1. The molecule has 4 heteroatoms. The van der Waals surface area contributed by atoms with Crippen LogP contribution in [0, 0.1) is 6.92 Å². The predicted molar refractivity (Wildman–Crippen MR) is 66.8 cm³/mol. The number of carbonyl (C=O) groups is 2. The van der Waals surface area contributed by atoms with Gasteiger partial charge in [-0.25, -0.2) is 4.79 Å². The fourth-order valence-corrected chi connectivity index (χ4v) is 2.60. The Morgan fingerprint density at radius 2 is 2.06 bits per heavy atom. The van der Waals surface area contributed by atoms with Crippen LogP contribution in [0.3, 0.4) is 0 Å². The molecule has 1 heterocycles. The van der Waals surface area contributed by atoms with Gasteiger partial charge in [0.2, 0.25) is 0 Å². The van der Waals surface area contributed by atoms with Crippen LogP contribution >= 0.6 is 11.3 Å². The van der Waals surface area contributed by atoms with Gasteiger partial charge in [0.15, 0.2) is 6.29 Å². The lowest BCUT2D eigenvalue weighted by Crippen LogP contribution is -2.00. The van der Waals surface area contributed by atoms with Gasteiger partial charge in [-0.05, 0) is 36.2 Å². The number of hydrogen-bond donors (Lipinski definition) is 1. The summed E-state index contributed by atoms with van der Waals surface area (Å²) < 4.78 is 0. The molecule has 0 spiro atoms. The molecule has 2 rings (SSSR count). The molecule has 0 atom stereocenters. The van der Waals surface area contributed by atoms with Crippen molar-refractivity contribution in [3.8, 4) is 10.4 Å². The topological polar surface area (TPSA) is 54.4 Å². The summed E-state index contributed by atoms with van der Waals surface area (Å²) in [5.74, 6) is -0.934. The third-order valence-corrected chi connectivity index (χ3v) is 3.62. The number of carbonyl (C=O) groups excluding carboxylic acids is 1. The van der Waals surface area contributed by atoms with Gasteiger partial charge in [-0.3, -0.25) is 4.79 Å². The molecule has 0 aliphatic rings. The van der Waals surface area contributed by atoms with E-state index in [4.69, 9.17) is 5.11 Å². The lowest BCUT2D eigenvalue weighted by molar-refractivity contribution is 0.0696. The van der Waals surface area contributed by atoms with E-state index in [9.17, 15) is 9.59 Å². The van der Waals surface area contributed by atoms with Crippen molar-refractivity contribution in [3.05, 3.63) is 46.3 Å². The van der Waals surface area contributed by atoms with E-state index in [0.29, 0.717) is 10.4 Å². The Balaban J connectivity index is 2.55. The zero-order valence-corrected chi connectivity index (χ0v) is 9.95. The second kappa shape index (κ2) is 4.51. The molecular formula is C13H10O3S. The summed E-state index contributed by atoms with van der Waals surface area (Å²) in [7, 11) is 0. The average Bonchev–Trinajstić information content (AvgIpc) is 2.77. The monoisotopic (exact) mass is 246 g/mol. The standard InChI is InChI=1S/C13H10O3S/c1-8-10(3-2-4-11(8)13(15)16)12-6-5-9(7-14)17-12/h2-7H,1H3,(H,15,16). The summed E-state index contributed by atoms with van der Waals surface area (Å²) in [6.45, 7) is 1.78. The first-order valence-corrected chi connectivity index (χ1v) is 5.83. The summed E-state index contributed by atoms with van der Waals surface area (Å²) in [5, 5.41) is 9.04. The van der Waals surface area contributed by atoms with Gasteiger partial charge in [-0.15, -0.1) is 11.3 Å². The van der Waals surface area contributed by atoms with E-state index in [0.717, 1.165) is 22.3 Å². The van der Waals surface area contributed by atoms with Crippen LogP contribution in [-0.4, -0.2) is 17.4 Å². The average molecular weight is 246 g/mol. The summed E-state index contributed by atoms with van der Waals surface area (Å²) in [5.41, 5.74) is 1.88. The maximum absolute atomic E-state index is 11.0. The minimum atomic E-state index is -0.934. The largest absolute Gasteiger partial charge is 0.478 e. The van der Waals surface area contributed by atoms with Crippen LogP contribution in [0.5, 0.6) is 0 Å². The molecule has 0 saturated heterocycles. The molecule has 17 heavy (non-hydrogen) atoms. The van der Waals surface area contributed by atoms with Crippen molar-refractivity contribution in [2.75, 3.05) is 0 Å². The van der Waals surface area contributed by atoms with Crippen molar-refractivity contribution in [3.63, 3.8) is 0 Å². The second-order valence-corrected chi connectivity index (χ2v) is 4.72. The van der Waals surface area contributed by atoms with Crippen molar-refractivity contribution in [2.45, 2.75) is 6.92 Å². The quantitative estimate of drug-likeness (QED) is 0.846. The molecule has 1 aromatic carbocycles. The minimum absolute atomic E-state index is 0.295. The Kier molecular flexibility index (Phi) is 3.06. The highest BCUT2D eigenvalue weighted by Crippen LogP contribution is 2.31. The highest BCUT2D eigenvalue weighted by molar-refractivity contribution is 7.17. The second-order valence-electron chi connectivity index (χ2n) is 3.60. The van der Waals surface area contributed by atoms with Gasteiger partial charge < -0.3 is 5.11 Å². The SMILES string of the molecule is Cc1c(C(=O)O)cccc1-c1ccc(C=O)s1. The number of carboxylic acids is 1. The van der Waals surface area contributed by atoms with Crippen LogP contribution < -0.4 is 0 Å². The Labute approximate surface area is 102 Å². The van der Waals surface area contributed by atoms with Gasteiger partial charge >= 0.3 is 5.97 Å². The molecule has 0 radical (unpaired) electrons. The smallest absolute Gasteiger partial charge is 0.335 e. The molecule has 86 valence electrons. The summed E-state index contributed by atoms with van der Waals surface area (Å²) in [4.78, 5) is 23.2. The summed E-state index contributed by atoms with van der Waals surface area (Å²) >= 11 is 1.36. The Hall–Kier alpha value is -1.94. The molecule has 1 N–H and O–H groups in total. The van der Waals surface area contributed by atoms with Gasteiger partial charge in [0, 0.05) is 4.88 Å². The number of aldehydes is 1. The molecule has 3 nitrogen and oxygen atoms in total. The molecule has 2 aromatic rings. The zero-order valence-electron chi connectivity index (χ0n) is 9.14. The maximum atomic E-state index is 11.0. The van der Waals surface area contributed by atoms with Crippen molar-refractivity contribution in [1.82, 2.24) is 0 Å². The number of carboxylic acid groups (broad SMARTS) is 1. The van der Waals surface area contributed by atoms with Crippen molar-refractivity contribution >= 4 is 23.6 Å². The maximum Gasteiger partial charge on any atom is 0.335 e. The number of rotatable bonds is 3. The fourth-order valence-electron chi connectivity index (χ4n) is 1.70. The Morgan fingerprint density at radius 3 is 2.65 bits per heavy atom. The van der Waals surface area contributed by atoms with Crippen LogP contribution in [0.4, 0.5) is 0 Å². The van der Waals surface area contributed by atoms with E-state index in [1.165, 1.54) is 11.3 Å². The normalized spacial score (nSPS) is 10.2. The van der Waals surface area contributed by atoms with E-state index in [1.54, 1.807) is 25.1 Å². The summed E-state index contributed by atoms with van der Waals surface area (Å²) in [6, 6.07) is 8.73.